The molecule has 0 aliphatic rings. The molecule has 0 fully saturated rings. The van der Waals surface area contributed by atoms with Gasteiger partial charge in [0.1, 0.15) is 0 Å². The summed E-state index contributed by atoms with van der Waals surface area (Å²) in [7, 11) is -3.49. The summed E-state index contributed by atoms with van der Waals surface area (Å²) in [6, 6.07) is 0. The maximum absolute atomic E-state index is 12.6. The normalized spacial score (nSPS) is 13.4. The van der Waals surface area contributed by atoms with Gasteiger partial charge in [0.2, 0.25) is 5.91 Å². The van der Waals surface area contributed by atoms with Crippen molar-refractivity contribution in [1.29, 1.82) is 0 Å². The van der Waals surface area contributed by atoms with Crippen molar-refractivity contribution in [3.05, 3.63) is 0 Å². The zero-order chi connectivity index (χ0) is 14.7. The third-order valence-electron chi connectivity index (χ3n) is 2.63. The summed E-state index contributed by atoms with van der Waals surface area (Å²) in [6.45, 7) is 4.10. The minimum Gasteiger partial charge on any atom is -0.395 e. The average Bonchev–Trinajstić information content (AvgIpc) is 2.36. The zero-order valence-electron chi connectivity index (χ0n) is 11.8. The quantitative estimate of drug-likeness (QED) is 0.424. The van der Waals surface area contributed by atoms with E-state index in [0.717, 1.165) is 25.7 Å². The first kappa shape index (κ1) is 18.6. The summed E-state index contributed by atoms with van der Waals surface area (Å²) >= 11 is 0. The molecule has 0 aromatic rings. The van der Waals surface area contributed by atoms with Crippen LogP contribution >= 0.6 is 7.60 Å². The lowest BCUT2D eigenvalue weighted by molar-refractivity contribution is -0.118. The molecule has 0 aliphatic carbocycles. The number of aliphatic hydroxyl groups excluding tert-OH is 1. The summed E-state index contributed by atoms with van der Waals surface area (Å²) in [5, 5.41) is 9.28. The molecule has 114 valence electrons. The molecule has 0 aromatic heterocycles. The minimum absolute atomic E-state index is 0.202. The highest BCUT2D eigenvalue weighted by atomic mass is 31.2. The smallest absolute Gasteiger partial charge is 0.336 e. The number of amides is 1. The Morgan fingerprint density at radius 2 is 1.68 bits per heavy atom. The van der Waals surface area contributed by atoms with Crippen LogP contribution in [0, 0.1) is 0 Å². The van der Waals surface area contributed by atoms with Gasteiger partial charge in [-0.3, -0.25) is 9.36 Å². The van der Waals surface area contributed by atoms with Crippen LogP contribution in [-0.2, 0) is 18.4 Å². The number of aliphatic hydroxyl groups is 1. The van der Waals surface area contributed by atoms with Gasteiger partial charge in [-0.25, -0.2) is 0 Å². The summed E-state index contributed by atoms with van der Waals surface area (Å²) < 4.78 is 23.3. The van der Waals surface area contributed by atoms with E-state index in [2.05, 4.69) is 0 Å². The maximum atomic E-state index is 12.6. The Kier molecular flexibility index (Phi) is 10.1. The molecule has 0 rings (SSSR count). The lowest BCUT2D eigenvalue weighted by Crippen LogP contribution is -2.25. The molecular formula is C12H26NO5P. The van der Waals surface area contributed by atoms with E-state index in [1.807, 2.05) is 13.8 Å². The molecule has 19 heavy (non-hydrogen) atoms. The van der Waals surface area contributed by atoms with Crippen LogP contribution < -0.4 is 5.73 Å². The maximum Gasteiger partial charge on any atom is 0.336 e. The van der Waals surface area contributed by atoms with Crippen molar-refractivity contribution in [3.8, 4) is 0 Å². The second-order valence-electron chi connectivity index (χ2n) is 4.42. The predicted molar refractivity (Wildman–Crippen MR) is 74.0 cm³/mol. The van der Waals surface area contributed by atoms with Crippen LogP contribution in [0.4, 0.5) is 0 Å². The first-order valence-electron chi connectivity index (χ1n) is 6.78. The van der Waals surface area contributed by atoms with E-state index in [0.29, 0.717) is 0 Å². The van der Waals surface area contributed by atoms with Crippen LogP contribution in [-0.4, -0.2) is 36.5 Å². The zero-order valence-corrected chi connectivity index (χ0v) is 12.7. The van der Waals surface area contributed by atoms with Gasteiger partial charge in [0.25, 0.3) is 0 Å². The van der Waals surface area contributed by atoms with E-state index in [1.165, 1.54) is 0 Å². The number of carbonyl (C=O) groups is 1. The summed E-state index contributed by atoms with van der Waals surface area (Å²) in [5.74, 6) is -0.627. The standard InChI is InChI=1S/C12H26NO5P/c1-3-5-7-17-19(16,18-8-6-4-2)11(10-14)9-12(13)15/h11,14H,3-10H2,1-2H3,(H2,13,15). The van der Waals surface area contributed by atoms with Crippen molar-refractivity contribution in [2.75, 3.05) is 19.8 Å². The number of primary amides is 1. The van der Waals surface area contributed by atoms with Gasteiger partial charge in [0.15, 0.2) is 0 Å². The van der Waals surface area contributed by atoms with Crippen molar-refractivity contribution < 1.29 is 23.5 Å². The van der Waals surface area contributed by atoms with Crippen LogP contribution in [0.25, 0.3) is 0 Å². The SMILES string of the molecule is CCCCOP(=O)(OCCCC)C(CO)CC(N)=O. The van der Waals surface area contributed by atoms with Crippen molar-refractivity contribution >= 4 is 13.5 Å². The van der Waals surface area contributed by atoms with Gasteiger partial charge >= 0.3 is 7.60 Å². The van der Waals surface area contributed by atoms with Gasteiger partial charge in [0, 0.05) is 6.42 Å². The van der Waals surface area contributed by atoms with E-state index in [-0.39, 0.29) is 19.6 Å². The fourth-order valence-electron chi connectivity index (χ4n) is 1.43. The third kappa shape index (κ3) is 7.67. The minimum atomic E-state index is -3.49. The lowest BCUT2D eigenvalue weighted by Gasteiger charge is -2.24. The van der Waals surface area contributed by atoms with Gasteiger partial charge in [-0.05, 0) is 12.8 Å². The molecule has 0 bridgehead atoms. The molecule has 6 nitrogen and oxygen atoms in total. The molecule has 1 unspecified atom stereocenters. The number of carbonyl (C=O) groups excluding carboxylic acids is 1. The van der Waals surface area contributed by atoms with E-state index in [4.69, 9.17) is 14.8 Å². The number of unbranched alkanes of at least 4 members (excludes halogenated alkanes) is 2. The summed E-state index contributed by atoms with van der Waals surface area (Å²) in [5.41, 5.74) is 4.22. The Balaban J connectivity index is 4.67. The second-order valence-corrected chi connectivity index (χ2v) is 6.75. The topological polar surface area (TPSA) is 98.8 Å². The average molecular weight is 295 g/mol. The molecule has 0 aliphatic heterocycles. The number of hydrogen-bond acceptors (Lipinski definition) is 5. The third-order valence-corrected chi connectivity index (χ3v) is 4.96. The largest absolute Gasteiger partial charge is 0.395 e. The van der Waals surface area contributed by atoms with E-state index in [9.17, 15) is 14.5 Å². The molecule has 0 spiro atoms. The number of hydrogen-bond donors (Lipinski definition) is 2. The molecule has 0 radical (unpaired) electrons. The van der Waals surface area contributed by atoms with Gasteiger partial charge < -0.3 is 19.9 Å². The second kappa shape index (κ2) is 10.4. The lowest BCUT2D eigenvalue weighted by atomic mass is 10.3. The van der Waals surface area contributed by atoms with Gasteiger partial charge in [-0.1, -0.05) is 26.7 Å². The van der Waals surface area contributed by atoms with Gasteiger partial charge in [-0.2, -0.15) is 0 Å². The van der Waals surface area contributed by atoms with Crippen LogP contribution in [0.3, 0.4) is 0 Å². The van der Waals surface area contributed by atoms with Crippen molar-refractivity contribution in [3.63, 3.8) is 0 Å². The fourth-order valence-corrected chi connectivity index (χ4v) is 3.30. The van der Waals surface area contributed by atoms with Crippen LogP contribution in [0.1, 0.15) is 46.0 Å². The van der Waals surface area contributed by atoms with Crippen molar-refractivity contribution in [1.82, 2.24) is 0 Å². The molecular weight excluding hydrogens is 269 g/mol. The van der Waals surface area contributed by atoms with E-state index < -0.39 is 25.8 Å². The molecule has 1 atom stereocenters. The Morgan fingerprint density at radius 1 is 1.21 bits per heavy atom. The Labute approximate surface area is 115 Å². The Morgan fingerprint density at radius 3 is 2.00 bits per heavy atom. The van der Waals surface area contributed by atoms with Crippen LogP contribution in [0.2, 0.25) is 0 Å². The predicted octanol–water partition coefficient (Wildman–Crippen LogP) is 2.05. The highest BCUT2D eigenvalue weighted by Gasteiger charge is 2.36. The number of nitrogens with two attached hydrogens (primary N) is 1. The molecule has 1 amide bonds. The van der Waals surface area contributed by atoms with Gasteiger partial charge in [-0.15, -0.1) is 0 Å². The molecule has 0 heterocycles. The molecule has 0 saturated carbocycles. The first-order chi connectivity index (χ1) is 9.00. The molecule has 3 N–H and O–H groups in total. The van der Waals surface area contributed by atoms with Gasteiger partial charge in [0.05, 0.1) is 25.5 Å². The van der Waals surface area contributed by atoms with Crippen molar-refractivity contribution in [2.45, 2.75) is 51.6 Å². The van der Waals surface area contributed by atoms with Crippen molar-refractivity contribution in [2.24, 2.45) is 5.73 Å². The number of rotatable bonds is 12. The highest BCUT2D eigenvalue weighted by Crippen LogP contribution is 2.54. The summed E-state index contributed by atoms with van der Waals surface area (Å²) in [6.07, 6.45) is 3.08. The monoisotopic (exact) mass is 295 g/mol. The fraction of sp³-hybridized carbons (Fsp3) is 0.917. The molecule has 0 aromatic carbocycles. The Bertz CT molecular complexity index is 284. The van der Waals surface area contributed by atoms with Crippen LogP contribution in [0.15, 0.2) is 0 Å². The van der Waals surface area contributed by atoms with E-state index in [1.54, 1.807) is 0 Å². The summed E-state index contributed by atoms with van der Waals surface area (Å²) in [4.78, 5) is 11.0. The molecule has 0 saturated heterocycles. The van der Waals surface area contributed by atoms with E-state index >= 15 is 0 Å². The Hall–Kier alpha value is -0.420. The highest BCUT2D eigenvalue weighted by molar-refractivity contribution is 7.54. The van der Waals surface area contributed by atoms with Crippen LogP contribution in [0.5, 0.6) is 0 Å². The first-order valence-corrected chi connectivity index (χ1v) is 8.39. The molecule has 7 heteroatoms.